The largest absolute Gasteiger partial charge is 0.0683 e. The number of hydrogen-bond acceptors (Lipinski definition) is 0. The minimum atomic E-state index is 1.00. The Balaban J connectivity index is 0.000000654. The van der Waals surface area contributed by atoms with E-state index in [0.29, 0.717) is 0 Å². The van der Waals surface area contributed by atoms with Crippen LogP contribution in [0.5, 0.6) is 0 Å². The average Bonchev–Trinajstić information content (AvgIpc) is 3.07. The molecule has 0 saturated heterocycles. The second-order valence-electron chi connectivity index (χ2n) is 18.5. The fourth-order valence-electron chi connectivity index (χ4n) is 9.56. The second kappa shape index (κ2) is 40.7. The highest BCUT2D eigenvalue weighted by Gasteiger charge is 2.28. The SMILES string of the molecule is C1CCC1.C1CCCCCCC1.CC.CC.CC1CCCC(C2CCCCCC[C@H]2C)CCC1.CC1CCCCCCC1.CC1CCCCCCC1. The maximum Gasteiger partial charge on any atom is -0.0360 e. The minimum absolute atomic E-state index is 1.00. The number of hydrogen-bond donors (Lipinski definition) is 0. The van der Waals surface area contributed by atoms with Gasteiger partial charge in [-0.2, -0.15) is 0 Å². The van der Waals surface area contributed by atoms with Gasteiger partial charge in [0.1, 0.15) is 0 Å². The molecule has 0 radical (unpaired) electrons. The van der Waals surface area contributed by atoms with Gasteiger partial charge in [-0.3, -0.25) is 0 Å². The Hall–Kier alpha value is 0. The van der Waals surface area contributed by atoms with Crippen molar-refractivity contribution in [3.63, 3.8) is 0 Å². The molecule has 0 heteroatoms. The minimum Gasteiger partial charge on any atom is -0.0683 e. The predicted molar refractivity (Wildman–Crippen MR) is 242 cm³/mol. The summed E-state index contributed by atoms with van der Waals surface area (Å²) in [6.07, 6.45) is 57.0. The Morgan fingerprint density at radius 3 is 0.712 bits per heavy atom. The first-order valence-corrected chi connectivity index (χ1v) is 25.6. The summed E-state index contributed by atoms with van der Waals surface area (Å²) in [7, 11) is 0. The van der Waals surface area contributed by atoms with Crippen LogP contribution in [0.2, 0.25) is 0 Å². The lowest BCUT2D eigenvalue weighted by molar-refractivity contribution is 0.158. The van der Waals surface area contributed by atoms with Gasteiger partial charge in [0.05, 0.1) is 0 Å². The quantitative estimate of drug-likeness (QED) is 0.252. The summed E-state index contributed by atoms with van der Waals surface area (Å²) in [5.74, 6) is 6.19. The van der Waals surface area contributed by atoms with E-state index < -0.39 is 0 Å². The van der Waals surface area contributed by atoms with Gasteiger partial charge in [0.25, 0.3) is 0 Å². The molecule has 6 saturated carbocycles. The van der Waals surface area contributed by atoms with Crippen LogP contribution in [0.25, 0.3) is 0 Å². The van der Waals surface area contributed by atoms with Crippen LogP contribution in [0.1, 0.15) is 299 Å². The topological polar surface area (TPSA) is 0 Å². The summed E-state index contributed by atoms with van der Waals surface area (Å²) < 4.78 is 0. The zero-order valence-electron chi connectivity index (χ0n) is 38.3. The van der Waals surface area contributed by atoms with E-state index in [-0.39, 0.29) is 0 Å². The molecule has 0 aliphatic heterocycles. The third kappa shape index (κ3) is 32.3. The van der Waals surface area contributed by atoms with E-state index in [4.69, 9.17) is 0 Å². The normalized spacial score (nSPS) is 28.4. The molecule has 0 amide bonds. The lowest BCUT2D eigenvalue weighted by atomic mass is 9.71. The van der Waals surface area contributed by atoms with Crippen molar-refractivity contribution < 1.29 is 0 Å². The average molecular weight is 731 g/mol. The molecule has 6 fully saturated rings. The fourth-order valence-corrected chi connectivity index (χ4v) is 9.56. The van der Waals surface area contributed by atoms with E-state index in [9.17, 15) is 0 Å². The van der Waals surface area contributed by atoms with Gasteiger partial charge in [-0.05, 0) is 41.9 Å². The third-order valence-electron chi connectivity index (χ3n) is 13.6. The molecule has 0 aromatic heterocycles. The van der Waals surface area contributed by atoms with E-state index in [1.165, 1.54) is 225 Å². The summed E-state index contributed by atoms with van der Waals surface area (Å²) in [5.41, 5.74) is 0. The molecular formula is C52H106. The summed E-state index contributed by atoms with van der Waals surface area (Å²) in [6, 6.07) is 0. The van der Waals surface area contributed by atoms with Crippen LogP contribution in [-0.4, -0.2) is 0 Å². The molecule has 52 heavy (non-hydrogen) atoms. The van der Waals surface area contributed by atoms with Gasteiger partial charge >= 0.3 is 0 Å². The van der Waals surface area contributed by atoms with Crippen LogP contribution >= 0.6 is 0 Å². The van der Waals surface area contributed by atoms with Crippen LogP contribution in [0.4, 0.5) is 0 Å². The van der Waals surface area contributed by atoms with E-state index in [2.05, 4.69) is 27.7 Å². The summed E-state index contributed by atoms with van der Waals surface area (Å²) in [5, 5.41) is 0. The highest BCUT2D eigenvalue weighted by molar-refractivity contribution is 4.79. The zero-order valence-corrected chi connectivity index (χ0v) is 38.3. The molecule has 0 nitrogen and oxygen atoms in total. The van der Waals surface area contributed by atoms with E-state index in [1.807, 2.05) is 27.7 Å². The molecular weight excluding hydrogens is 625 g/mol. The maximum atomic E-state index is 2.55. The summed E-state index contributed by atoms with van der Waals surface area (Å²) in [4.78, 5) is 0. The predicted octanol–water partition coefficient (Wildman–Crippen LogP) is 19.7. The standard InChI is InChI=1S/C18H34.2C9H18.C8H16.C4H8.2C2H6/c1-15-9-7-12-17(13-8-10-15)18-14-6-4-3-5-11-16(18)2;2*1-9-7-5-3-2-4-6-8-9;1-2-4-6-8-7-5-3-1;1-2-4-3-1;2*1-2/h15-18H,3-14H2,1-2H3;2*9H,2-8H2,1H3;1-8H2;1-4H2;2*1-2H3/t15?,16-,17?,18?;;;;;;/m1....../s1. The highest BCUT2D eigenvalue weighted by atomic mass is 14.3. The van der Waals surface area contributed by atoms with Gasteiger partial charge < -0.3 is 0 Å². The van der Waals surface area contributed by atoms with Crippen LogP contribution in [0.15, 0.2) is 0 Å². The van der Waals surface area contributed by atoms with Gasteiger partial charge in [-0.1, -0.05) is 293 Å². The summed E-state index contributed by atoms with van der Waals surface area (Å²) >= 11 is 0. The zero-order chi connectivity index (χ0) is 38.3. The first kappa shape index (κ1) is 52.0. The Bertz CT molecular complexity index is 572. The van der Waals surface area contributed by atoms with Gasteiger partial charge in [0.2, 0.25) is 0 Å². The van der Waals surface area contributed by atoms with E-state index in [1.54, 1.807) is 19.3 Å². The Morgan fingerprint density at radius 1 is 0.212 bits per heavy atom. The lowest BCUT2D eigenvalue weighted by Gasteiger charge is -2.35. The van der Waals surface area contributed by atoms with Crippen LogP contribution < -0.4 is 0 Å². The molecule has 0 N–H and O–H groups in total. The van der Waals surface area contributed by atoms with Crippen LogP contribution in [0.3, 0.4) is 0 Å². The molecule has 0 heterocycles. The Morgan fingerprint density at radius 2 is 0.423 bits per heavy atom. The van der Waals surface area contributed by atoms with E-state index >= 15 is 0 Å². The molecule has 2 atom stereocenters. The van der Waals surface area contributed by atoms with Gasteiger partial charge in [-0.15, -0.1) is 0 Å². The van der Waals surface area contributed by atoms with E-state index in [0.717, 1.165) is 35.5 Å². The molecule has 0 spiro atoms. The van der Waals surface area contributed by atoms with Crippen molar-refractivity contribution >= 4 is 0 Å². The molecule has 6 rings (SSSR count). The Kier molecular flexibility index (Phi) is 40.7. The molecule has 6 aliphatic rings. The lowest BCUT2D eigenvalue weighted by Crippen LogP contribution is -2.24. The van der Waals surface area contributed by atoms with Gasteiger partial charge in [0.15, 0.2) is 0 Å². The molecule has 6 aliphatic carbocycles. The molecule has 0 aromatic carbocycles. The first-order chi connectivity index (χ1) is 25.6. The third-order valence-corrected chi connectivity index (χ3v) is 13.6. The monoisotopic (exact) mass is 731 g/mol. The van der Waals surface area contributed by atoms with Crippen molar-refractivity contribution in [2.24, 2.45) is 35.5 Å². The second-order valence-corrected chi connectivity index (χ2v) is 18.5. The molecule has 1 unspecified atom stereocenters. The van der Waals surface area contributed by atoms with Crippen molar-refractivity contribution in [2.75, 3.05) is 0 Å². The fraction of sp³-hybridized carbons (Fsp3) is 1.00. The van der Waals surface area contributed by atoms with Crippen molar-refractivity contribution in [3.05, 3.63) is 0 Å². The molecule has 0 aromatic rings. The maximum absolute atomic E-state index is 2.55. The first-order valence-electron chi connectivity index (χ1n) is 25.6. The van der Waals surface area contributed by atoms with Gasteiger partial charge in [-0.25, -0.2) is 0 Å². The smallest absolute Gasteiger partial charge is 0.0360 e. The molecule has 0 bridgehead atoms. The number of rotatable bonds is 1. The Labute approximate surface area is 333 Å². The van der Waals surface area contributed by atoms with Crippen LogP contribution in [-0.2, 0) is 0 Å². The highest BCUT2D eigenvalue weighted by Crippen LogP contribution is 2.39. The molecule has 314 valence electrons. The summed E-state index contributed by atoms with van der Waals surface area (Å²) in [6.45, 7) is 17.8. The van der Waals surface area contributed by atoms with Gasteiger partial charge in [0, 0.05) is 0 Å². The van der Waals surface area contributed by atoms with Crippen molar-refractivity contribution in [3.8, 4) is 0 Å². The van der Waals surface area contributed by atoms with Crippen molar-refractivity contribution in [1.29, 1.82) is 0 Å². The van der Waals surface area contributed by atoms with Crippen molar-refractivity contribution in [2.45, 2.75) is 299 Å². The van der Waals surface area contributed by atoms with Crippen LogP contribution in [0, 0.1) is 35.5 Å². The van der Waals surface area contributed by atoms with Crippen molar-refractivity contribution in [1.82, 2.24) is 0 Å².